The van der Waals surface area contributed by atoms with Crippen LogP contribution in [-0.2, 0) is 23.7 Å². The zero-order chi connectivity index (χ0) is 26.4. The Labute approximate surface area is 230 Å². The maximum absolute atomic E-state index is 13.2. The molecule has 2 aromatic carbocycles. The lowest BCUT2D eigenvalue weighted by atomic mass is 10.2. The van der Waals surface area contributed by atoms with E-state index in [2.05, 4.69) is 31.9 Å². The Morgan fingerprint density at radius 3 is 1.65 bits per heavy atom. The molecule has 4 saturated heterocycles. The molecule has 4 heterocycles. The van der Waals surface area contributed by atoms with Crippen molar-refractivity contribution in [2.75, 3.05) is 46.8 Å². The summed E-state index contributed by atoms with van der Waals surface area (Å²) in [5, 5.41) is 9.42. The van der Waals surface area contributed by atoms with E-state index in [1.165, 1.54) is 12.1 Å². The van der Waals surface area contributed by atoms with Crippen molar-refractivity contribution in [1.82, 2.24) is 0 Å². The van der Waals surface area contributed by atoms with Crippen molar-refractivity contribution in [3.05, 3.63) is 57.0 Å². The number of epoxide rings is 1. The van der Waals surface area contributed by atoms with Gasteiger partial charge >= 0.3 is 0 Å². The second kappa shape index (κ2) is 13.6. The van der Waals surface area contributed by atoms with Gasteiger partial charge in [-0.05, 0) is 56.1 Å². The summed E-state index contributed by atoms with van der Waals surface area (Å²) < 4.78 is 63.6. The van der Waals surface area contributed by atoms with E-state index in [4.69, 9.17) is 33.2 Å². The van der Waals surface area contributed by atoms with Crippen LogP contribution in [0.4, 0.5) is 8.78 Å². The predicted octanol–water partition coefficient (Wildman–Crippen LogP) is 3.89. The van der Waals surface area contributed by atoms with Crippen LogP contribution in [-0.4, -0.2) is 88.5 Å². The van der Waals surface area contributed by atoms with E-state index in [0.29, 0.717) is 52.5 Å². The third kappa shape index (κ3) is 8.30. The molecular weight excluding hydrogens is 626 g/mol. The average molecular weight is 654 g/mol. The minimum Gasteiger partial charge on any atom is -0.485 e. The normalized spacial score (nSPS) is 29.5. The molecule has 6 rings (SSSR count). The Bertz CT molecular complexity index is 1020. The number of methoxy groups -OCH3 is 1. The van der Waals surface area contributed by atoms with E-state index in [9.17, 15) is 13.9 Å². The van der Waals surface area contributed by atoms with Crippen molar-refractivity contribution in [2.24, 2.45) is 0 Å². The lowest BCUT2D eigenvalue weighted by Crippen LogP contribution is -2.31. The number of benzene rings is 2. The first-order chi connectivity index (χ1) is 17.8. The largest absolute Gasteiger partial charge is 0.485 e. The molecule has 8 nitrogen and oxygen atoms in total. The molecule has 37 heavy (non-hydrogen) atoms. The molecule has 2 aromatic rings. The number of aliphatic hydroxyl groups excluding tert-OH is 1. The molecule has 0 bridgehead atoms. The van der Waals surface area contributed by atoms with Gasteiger partial charge in [-0.2, -0.15) is 0 Å². The highest BCUT2D eigenvalue weighted by atomic mass is 79.9. The van der Waals surface area contributed by atoms with E-state index >= 15 is 0 Å². The second-order valence-electron chi connectivity index (χ2n) is 8.63. The first kappa shape index (κ1) is 28.6. The van der Waals surface area contributed by atoms with Crippen LogP contribution in [0.25, 0.3) is 0 Å². The zero-order valence-corrected chi connectivity index (χ0v) is 23.2. The van der Waals surface area contributed by atoms with Crippen LogP contribution in [0.15, 0.2) is 45.3 Å². The lowest BCUT2D eigenvalue weighted by Gasteiger charge is -2.18. The number of rotatable bonds is 5. The maximum atomic E-state index is 13.2. The number of hydrogen-bond acceptors (Lipinski definition) is 8. The van der Waals surface area contributed by atoms with Gasteiger partial charge in [-0.1, -0.05) is 0 Å². The molecular formula is C25H28Br2F2O8. The third-order valence-electron chi connectivity index (χ3n) is 5.89. The summed E-state index contributed by atoms with van der Waals surface area (Å²) in [6.07, 6.45) is -0.338. The van der Waals surface area contributed by atoms with Crippen LogP contribution in [0.2, 0.25) is 0 Å². The number of fused-ring (bicyclic) bond motifs is 1. The minimum atomic E-state index is -0.642. The Morgan fingerprint density at radius 1 is 0.730 bits per heavy atom. The van der Waals surface area contributed by atoms with Gasteiger partial charge in [0.1, 0.15) is 53.7 Å². The van der Waals surface area contributed by atoms with E-state index in [1.807, 2.05) is 0 Å². The molecule has 0 aliphatic carbocycles. The third-order valence-corrected chi connectivity index (χ3v) is 7.18. The Hall–Kier alpha value is -1.38. The van der Waals surface area contributed by atoms with Gasteiger partial charge in [0.2, 0.25) is 0 Å². The van der Waals surface area contributed by atoms with Crippen LogP contribution < -0.4 is 9.47 Å². The molecule has 0 amide bonds. The van der Waals surface area contributed by atoms with Crippen molar-refractivity contribution >= 4 is 31.9 Å². The highest BCUT2D eigenvalue weighted by molar-refractivity contribution is 9.10. The standard InChI is InChI=1S/C11H12BrFO3.C10H10BrFO3.C4H6O2/c1-14-10-5-15-6-11(10)16-7-2-3-8(12)9(13)4-7;11-7-2-1-6(3-8(7)12)15-10-5-14-4-9(10)13;1-3-4(6-3)2-5-1/h2-4,10-11H,5-6H2,1H3;1-3,9-10,13H,4-5H2;3-4H,1-2H2/t10-,11-;9-,10-;/m00./s1. The Morgan fingerprint density at radius 2 is 1.22 bits per heavy atom. The van der Waals surface area contributed by atoms with E-state index < -0.39 is 12.2 Å². The molecule has 0 spiro atoms. The summed E-state index contributed by atoms with van der Waals surface area (Å²) in [6, 6.07) is 9.13. The van der Waals surface area contributed by atoms with Crippen molar-refractivity contribution in [3.8, 4) is 11.5 Å². The van der Waals surface area contributed by atoms with Gasteiger partial charge in [0.25, 0.3) is 0 Å². The van der Waals surface area contributed by atoms with Crippen molar-refractivity contribution in [2.45, 2.75) is 36.6 Å². The number of hydrogen-bond donors (Lipinski definition) is 1. The highest BCUT2D eigenvalue weighted by Gasteiger charge is 2.44. The number of halogens is 4. The summed E-state index contributed by atoms with van der Waals surface area (Å²) in [7, 11) is 1.61. The molecule has 2 unspecified atom stereocenters. The second-order valence-corrected chi connectivity index (χ2v) is 10.3. The molecule has 0 radical (unpaired) electrons. The average Bonchev–Trinajstić information content (AvgIpc) is 3.23. The molecule has 0 saturated carbocycles. The monoisotopic (exact) mass is 652 g/mol. The first-order valence-corrected chi connectivity index (χ1v) is 13.3. The molecule has 4 aliphatic rings. The Balaban J connectivity index is 0.000000141. The van der Waals surface area contributed by atoms with E-state index in [0.717, 1.165) is 13.2 Å². The highest BCUT2D eigenvalue weighted by Crippen LogP contribution is 2.28. The summed E-state index contributed by atoms with van der Waals surface area (Å²) in [5.74, 6) is 0.148. The topological polar surface area (TPSA) is 88.1 Å². The lowest BCUT2D eigenvalue weighted by molar-refractivity contribution is 0.0325. The van der Waals surface area contributed by atoms with Gasteiger partial charge in [0.15, 0.2) is 6.10 Å². The fourth-order valence-electron chi connectivity index (χ4n) is 3.70. The number of ether oxygens (including phenoxy) is 7. The molecule has 4 fully saturated rings. The molecule has 0 aromatic heterocycles. The predicted molar refractivity (Wildman–Crippen MR) is 135 cm³/mol. The molecule has 204 valence electrons. The van der Waals surface area contributed by atoms with Gasteiger partial charge in [-0.3, -0.25) is 0 Å². The van der Waals surface area contributed by atoms with Gasteiger partial charge in [-0.15, -0.1) is 0 Å². The van der Waals surface area contributed by atoms with Crippen LogP contribution in [0.5, 0.6) is 11.5 Å². The van der Waals surface area contributed by atoms with Crippen LogP contribution >= 0.6 is 31.9 Å². The summed E-state index contributed by atoms with van der Waals surface area (Å²) in [6.45, 7) is 3.26. The van der Waals surface area contributed by atoms with Crippen LogP contribution in [0.3, 0.4) is 0 Å². The fraction of sp³-hybridized carbons (Fsp3) is 0.520. The smallest absolute Gasteiger partial charge is 0.150 e. The van der Waals surface area contributed by atoms with Crippen LogP contribution in [0.1, 0.15) is 0 Å². The molecule has 6 atom stereocenters. The Kier molecular flexibility index (Phi) is 10.5. The van der Waals surface area contributed by atoms with E-state index in [1.54, 1.807) is 31.4 Å². The maximum Gasteiger partial charge on any atom is 0.150 e. The first-order valence-electron chi connectivity index (χ1n) is 11.7. The van der Waals surface area contributed by atoms with Crippen LogP contribution in [0, 0.1) is 11.6 Å². The van der Waals surface area contributed by atoms with Gasteiger partial charge in [-0.25, -0.2) is 8.78 Å². The molecule has 4 aliphatic heterocycles. The minimum absolute atomic E-state index is 0.0910. The van der Waals surface area contributed by atoms with Gasteiger partial charge in [0, 0.05) is 19.2 Å². The molecule has 12 heteroatoms. The zero-order valence-electron chi connectivity index (χ0n) is 20.0. The van der Waals surface area contributed by atoms with Crippen molar-refractivity contribution in [1.29, 1.82) is 0 Å². The van der Waals surface area contributed by atoms with Crippen molar-refractivity contribution < 1.29 is 47.0 Å². The van der Waals surface area contributed by atoms with E-state index in [-0.39, 0.29) is 30.4 Å². The van der Waals surface area contributed by atoms with Crippen molar-refractivity contribution in [3.63, 3.8) is 0 Å². The summed E-state index contributed by atoms with van der Waals surface area (Å²) >= 11 is 6.14. The van der Waals surface area contributed by atoms with Gasteiger partial charge < -0.3 is 38.3 Å². The fourth-order valence-corrected chi connectivity index (χ4v) is 4.20. The summed E-state index contributed by atoms with van der Waals surface area (Å²) in [4.78, 5) is 0. The quantitative estimate of drug-likeness (QED) is 0.487. The SMILES string of the molecule is C1OCC2OC12.CO[C@H]1COC[C@@H]1Oc1ccc(Br)c(F)c1.O[C@H]1COC[C@@H]1Oc1ccc(Br)c(F)c1. The van der Waals surface area contributed by atoms with Gasteiger partial charge in [0.05, 0.1) is 48.6 Å². The number of aliphatic hydroxyl groups is 1. The molecule has 1 N–H and O–H groups in total. The summed E-state index contributed by atoms with van der Waals surface area (Å²) in [5.41, 5.74) is 0.